The van der Waals surface area contributed by atoms with Crippen LogP contribution >= 0.6 is 0 Å². The molecule has 1 heterocycles. The standard InChI is InChI=1S/C35H28O6/c36-28-12-6-20-4-8-22-18-26(20)34(28)32-24-10-15-31(39)33(25(24)11-14-30(32)38)35-27-19-23(41-17-3-1-2-16-40-22)9-5-21(27)7-13-29(35)37/h4-15,18-19,36-39H,1-3,16-17H2. The zero-order valence-electron chi connectivity index (χ0n) is 22.2. The highest BCUT2D eigenvalue weighted by Gasteiger charge is 2.22. The Morgan fingerprint density at radius 3 is 1.20 bits per heavy atom. The molecule has 204 valence electrons. The molecule has 0 amide bonds. The van der Waals surface area contributed by atoms with Crippen LogP contribution in [0.1, 0.15) is 19.3 Å². The number of rotatable bonds is 0. The number of aromatic hydroxyl groups is 4. The molecule has 0 aromatic heterocycles. The molecule has 41 heavy (non-hydrogen) atoms. The van der Waals surface area contributed by atoms with Crippen LogP contribution in [0.4, 0.5) is 0 Å². The summed E-state index contributed by atoms with van der Waals surface area (Å²) in [6, 6.07) is 24.9. The lowest BCUT2D eigenvalue weighted by Gasteiger charge is -2.18. The third-order valence-corrected chi connectivity index (χ3v) is 7.92. The quantitative estimate of drug-likeness (QED) is 0.154. The average molecular weight is 545 g/mol. The summed E-state index contributed by atoms with van der Waals surface area (Å²) in [6.07, 6.45) is 2.64. The average Bonchev–Trinajstić information content (AvgIpc) is 2.97. The number of phenols is 4. The number of hydrogen-bond acceptors (Lipinski definition) is 6. The molecular weight excluding hydrogens is 516 g/mol. The van der Waals surface area contributed by atoms with Gasteiger partial charge in [0.25, 0.3) is 0 Å². The Hall–Kier alpha value is -5.10. The molecule has 6 heteroatoms. The topological polar surface area (TPSA) is 99.4 Å². The van der Waals surface area contributed by atoms with Gasteiger partial charge in [-0.3, -0.25) is 0 Å². The predicted molar refractivity (Wildman–Crippen MR) is 161 cm³/mol. The number of benzene rings is 6. The normalized spacial score (nSPS) is 13.7. The van der Waals surface area contributed by atoms with Crippen molar-refractivity contribution < 1.29 is 29.9 Å². The summed E-state index contributed by atoms with van der Waals surface area (Å²) in [4.78, 5) is 0. The van der Waals surface area contributed by atoms with Gasteiger partial charge in [-0.05, 0) is 112 Å². The van der Waals surface area contributed by atoms with Crippen LogP contribution in [-0.4, -0.2) is 33.6 Å². The van der Waals surface area contributed by atoms with E-state index in [0.717, 1.165) is 40.8 Å². The van der Waals surface area contributed by atoms with E-state index in [-0.39, 0.29) is 23.0 Å². The molecule has 6 nitrogen and oxygen atoms in total. The minimum Gasteiger partial charge on any atom is -0.507 e. The maximum Gasteiger partial charge on any atom is 0.124 e. The second kappa shape index (κ2) is 9.82. The highest BCUT2D eigenvalue weighted by molar-refractivity contribution is 6.16. The summed E-state index contributed by atoms with van der Waals surface area (Å²) in [5, 5.41) is 49.3. The highest BCUT2D eigenvalue weighted by atomic mass is 16.5. The van der Waals surface area contributed by atoms with Crippen molar-refractivity contribution in [2.24, 2.45) is 0 Å². The summed E-state index contributed by atoms with van der Waals surface area (Å²) in [5.41, 5.74) is 1.77. The lowest BCUT2D eigenvalue weighted by atomic mass is 9.87. The Bertz CT molecular complexity index is 1830. The molecule has 6 aromatic carbocycles. The molecule has 1 aliphatic heterocycles. The molecule has 7 rings (SSSR count). The minimum absolute atomic E-state index is 0.00719. The van der Waals surface area contributed by atoms with Crippen LogP contribution in [0.2, 0.25) is 0 Å². The van der Waals surface area contributed by atoms with E-state index >= 15 is 0 Å². The van der Waals surface area contributed by atoms with Gasteiger partial charge in [-0.1, -0.05) is 24.3 Å². The zero-order chi connectivity index (χ0) is 28.1. The molecule has 0 aliphatic carbocycles. The second-order valence-corrected chi connectivity index (χ2v) is 10.5. The van der Waals surface area contributed by atoms with Crippen LogP contribution < -0.4 is 9.47 Å². The first-order chi connectivity index (χ1) is 20.0. The van der Waals surface area contributed by atoms with E-state index in [9.17, 15) is 20.4 Å². The summed E-state index contributed by atoms with van der Waals surface area (Å²) in [6.45, 7) is 1.08. The van der Waals surface area contributed by atoms with Gasteiger partial charge in [-0.15, -0.1) is 0 Å². The number of fused-ring (bicyclic) bond motifs is 4. The fourth-order valence-corrected chi connectivity index (χ4v) is 5.95. The van der Waals surface area contributed by atoms with E-state index in [1.54, 1.807) is 36.4 Å². The summed E-state index contributed by atoms with van der Waals surface area (Å²) < 4.78 is 12.1. The monoisotopic (exact) mass is 544 g/mol. The Kier molecular flexibility index (Phi) is 5.97. The van der Waals surface area contributed by atoms with Crippen LogP contribution in [0.25, 0.3) is 54.6 Å². The summed E-state index contributed by atoms with van der Waals surface area (Å²) in [5.74, 6) is 1.31. The van der Waals surface area contributed by atoms with E-state index < -0.39 is 0 Å². The van der Waals surface area contributed by atoms with E-state index in [1.165, 1.54) is 0 Å². The maximum atomic E-state index is 11.3. The molecule has 0 saturated carbocycles. The minimum atomic E-state index is -0.0213. The van der Waals surface area contributed by atoms with Gasteiger partial charge in [0.15, 0.2) is 0 Å². The van der Waals surface area contributed by atoms with Gasteiger partial charge in [0.1, 0.15) is 34.5 Å². The molecule has 6 aromatic rings. The van der Waals surface area contributed by atoms with E-state index in [1.807, 2.05) is 48.5 Å². The zero-order valence-corrected chi connectivity index (χ0v) is 22.2. The molecule has 0 unspecified atom stereocenters. The molecular formula is C35H28O6. The predicted octanol–water partition coefficient (Wildman–Crippen LogP) is 8.24. The van der Waals surface area contributed by atoms with E-state index in [4.69, 9.17) is 9.47 Å². The van der Waals surface area contributed by atoms with Gasteiger partial charge in [0, 0.05) is 22.3 Å². The Morgan fingerprint density at radius 2 is 0.756 bits per heavy atom. The highest BCUT2D eigenvalue weighted by Crippen LogP contribution is 2.50. The third kappa shape index (κ3) is 4.19. The fraction of sp³-hybridized carbons (Fsp3) is 0.143. The molecule has 0 spiro atoms. The lowest BCUT2D eigenvalue weighted by molar-refractivity contribution is 0.280. The molecule has 0 radical (unpaired) electrons. The fourth-order valence-electron chi connectivity index (χ4n) is 5.95. The summed E-state index contributed by atoms with van der Waals surface area (Å²) >= 11 is 0. The van der Waals surface area contributed by atoms with Gasteiger partial charge < -0.3 is 29.9 Å². The SMILES string of the molecule is Oc1ccc2ccc3cc2c1-c1c(O)ccc2c(c(O)ccc12)-c1c(O)ccc2ccc(cc12)OCCCCCO3. The summed E-state index contributed by atoms with van der Waals surface area (Å²) in [7, 11) is 0. The van der Waals surface area contributed by atoms with Crippen molar-refractivity contribution in [1.82, 2.24) is 0 Å². The first-order valence-corrected chi connectivity index (χ1v) is 13.7. The molecule has 8 bridgehead atoms. The van der Waals surface area contributed by atoms with Crippen molar-refractivity contribution in [1.29, 1.82) is 0 Å². The molecule has 1 aliphatic rings. The molecule has 0 atom stereocenters. The van der Waals surface area contributed by atoms with Crippen LogP contribution in [0.5, 0.6) is 34.5 Å². The van der Waals surface area contributed by atoms with Crippen molar-refractivity contribution in [3.05, 3.63) is 84.9 Å². The Morgan fingerprint density at radius 1 is 0.390 bits per heavy atom. The van der Waals surface area contributed by atoms with Gasteiger partial charge in [-0.2, -0.15) is 0 Å². The first kappa shape index (κ1) is 24.9. The van der Waals surface area contributed by atoms with Crippen LogP contribution in [0.3, 0.4) is 0 Å². The first-order valence-electron chi connectivity index (χ1n) is 13.7. The van der Waals surface area contributed by atoms with Gasteiger partial charge in [0.05, 0.1) is 13.2 Å². The Labute approximate surface area is 236 Å². The third-order valence-electron chi connectivity index (χ3n) is 7.92. The van der Waals surface area contributed by atoms with Crippen molar-refractivity contribution >= 4 is 32.3 Å². The van der Waals surface area contributed by atoms with Gasteiger partial charge >= 0.3 is 0 Å². The molecule has 0 saturated heterocycles. The van der Waals surface area contributed by atoms with Gasteiger partial charge in [-0.25, -0.2) is 0 Å². The van der Waals surface area contributed by atoms with E-state index in [2.05, 4.69) is 0 Å². The van der Waals surface area contributed by atoms with E-state index in [0.29, 0.717) is 57.7 Å². The second-order valence-electron chi connectivity index (χ2n) is 10.5. The molecule has 0 fully saturated rings. The Balaban J connectivity index is 1.60. The van der Waals surface area contributed by atoms with Crippen molar-refractivity contribution in [3.8, 4) is 56.8 Å². The van der Waals surface area contributed by atoms with Crippen molar-refractivity contribution in [3.63, 3.8) is 0 Å². The van der Waals surface area contributed by atoms with Crippen molar-refractivity contribution in [2.45, 2.75) is 19.3 Å². The number of hydrogen-bond donors (Lipinski definition) is 4. The van der Waals surface area contributed by atoms with Crippen LogP contribution in [0, 0.1) is 0 Å². The maximum absolute atomic E-state index is 11.3. The number of phenolic OH excluding ortho intramolecular Hbond substituents is 4. The van der Waals surface area contributed by atoms with Gasteiger partial charge in [0.2, 0.25) is 0 Å². The molecule has 4 N–H and O–H groups in total. The van der Waals surface area contributed by atoms with Crippen LogP contribution in [0.15, 0.2) is 84.9 Å². The van der Waals surface area contributed by atoms with Crippen molar-refractivity contribution in [2.75, 3.05) is 13.2 Å². The van der Waals surface area contributed by atoms with Crippen LogP contribution in [-0.2, 0) is 0 Å². The lowest BCUT2D eigenvalue weighted by Crippen LogP contribution is -2.01. The largest absolute Gasteiger partial charge is 0.507 e. The smallest absolute Gasteiger partial charge is 0.124 e. The number of ether oxygens (including phenoxy) is 2.